The van der Waals surface area contributed by atoms with E-state index in [0.29, 0.717) is 43.0 Å². The minimum absolute atomic E-state index is 0.0632. The molecule has 2 aliphatic heterocycles. The Morgan fingerprint density at radius 1 is 0.970 bits per heavy atom. The third kappa shape index (κ3) is 4.43. The highest BCUT2D eigenvalue weighted by Crippen LogP contribution is 2.31. The number of nitrogens with one attached hydrogen (secondary N) is 1. The summed E-state index contributed by atoms with van der Waals surface area (Å²) in [6.45, 7) is 1.57. The third-order valence-electron chi connectivity index (χ3n) is 7.36. The van der Waals surface area contributed by atoms with Crippen molar-refractivity contribution in [2.24, 2.45) is 5.92 Å². The Kier molecular flexibility index (Phi) is 6.24. The number of carbonyl (C=O) groups excluding carboxylic acids is 2. The van der Waals surface area contributed by atoms with E-state index in [9.17, 15) is 14.4 Å². The quantitative estimate of drug-likeness (QED) is 0.777. The summed E-state index contributed by atoms with van der Waals surface area (Å²) in [6.07, 6.45) is 11.8. The van der Waals surface area contributed by atoms with E-state index in [-0.39, 0.29) is 29.3 Å². The van der Waals surface area contributed by atoms with Crippen molar-refractivity contribution in [1.82, 2.24) is 24.8 Å². The first kappa shape index (κ1) is 21.8. The number of likely N-dealkylation sites (tertiary alicyclic amines) is 1. The highest BCUT2D eigenvalue weighted by atomic mass is 16.2. The van der Waals surface area contributed by atoms with Gasteiger partial charge in [-0.2, -0.15) is 0 Å². The minimum atomic E-state index is -0.251. The van der Waals surface area contributed by atoms with E-state index in [0.717, 1.165) is 50.6 Å². The average molecular weight is 450 g/mol. The zero-order valence-electron chi connectivity index (χ0n) is 19.0. The molecule has 2 fully saturated rings. The Hall–Kier alpha value is -3.03. The van der Waals surface area contributed by atoms with E-state index in [1.54, 1.807) is 24.5 Å². The molecular formula is C25H31N5O3. The molecule has 2 aromatic rings. The Morgan fingerprint density at radius 2 is 1.73 bits per heavy atom. The molecular weight excluding hydrogens is 418 g/mol. The summed E-state index contributed by atoms with van der Waals surface area (Å²) in [7, 11) is 0. The normalized spacial score (nSPS) is 21.5. The van der Waals surface area contributed by atoms with Gasteiger partial charge in [0.05, 0.1) is 23.8 Å². The van der Waals surface area contributed by atoms with Gasteiger partial charge in [0.1, 0.15) is 5.82 Å². The van der Waals surface area contributed by atoms with Crippen LogP contribution in [0.4, 0.5) is 0 Å². The number of aromatic amines is 1. The van der Waals surface area contributed by atoms with Crippen LogP contribution >= 0.6 is 0 Å². The number of H-pyrrole nitrogens is 1. The molecule has 4 heterocycles. The number of pyridine rings is 1. The summed E-state index contributed by atoms with van der Waals surface area (Å²) >= 11 is 0. The Labute approximate surface area is 193 Å². The highest BCUT2D eigenvalue weighted by molar-refractivity contribution is 5.94. The van der Waals surface area contributed by atoms with Crippen molar-refractivity contribution in [2.75, 3.05) is 13.1 Å². The van der Waals surface area contributed by atoms with Gasteiger partial charge in [0.2, 0.25) is 5.91 Å². The maximum absolute atomic E-state index is 13.2. The van der Waals surface area contributed by atoms with Crippen LogP contribution in [0.15, 0.2) is 29.3 Å². The first-order valence-corrected chi connectivity index (χ1v) is 12.2. The number of amides is 2. The molecule has 8 heteroatoms. The molecule has 1 saturated heterocycles. The van der Waals surface area contributed by atoms with Crippen molar-refractivity contribution in [3.63, 3.8) is 0 Å². The first-order chi connectivity index (χ1) is 16.1. The molecule has 0 radical (unpaired) electrons. The van der Waals surface area contributed by atoms with Gasteiger partial charge in [-0.1, -0.05) is 19.3 Å². The van der Waals surface area contributed by atoms with Crippen LogP contribution in [0.25, 0.3) is 0 Å². The van der Waals surface area contributed by atoms with E-state index >= 15 is 0 Å². The van der Waals surface area contributed by atoms with Gasteiger partial charge in [0, 0.05) is 43.4 Å². The lowest BCUT2D eigenvalue weighted by atomic mass is 9.88. The van der Waals surface area contributed by atoms with Crippen LogP contribution in [0, 0.1) is 5.92 Å². The summed E-state index contributed by atoms with van der Waals surface area (Å²) in [6, 6.07) is 3.18. The molecule has 2 aromatic heterocycles. The molecule has 33 heavy (non-hydrogen) atoms. The first-order valence-electron chi connectivity index (χ1n) is 12.2. The predicted molar refractivity (Wildman–Crippen MR) is 122 cm³/mol. The Morgan fingerprint density at radius 3 is 2.52 bits per heavy atom. The molecule has 1 atom stereocenters. The number of hydrogen-bond donors (Lipinski definition) is 1. The van der Waals surface area contributed by atoms with Crippen molar-refractivity contribution in [3.8, 4) is 0 Å². The summed E-state index contributed by atoms with van der Waals surface area (Å²) in [4.78, 5) is 54.7. The van der Waals surface area contributed by atoms with Gasteiger partial charge in [0.25, 0.3) is 11.5 Å². The Bertz CT molecular complexity index is 1080. The third-order valence-corrected chi connectivity index (χ3v) is 7.36. The Balaban J connectivity index is 1.37. The lowest BCUT2D eigenvalue weighted by Crippen LogP contribution is -2.44. The number of rotatable bonds is 3. The number of fused-ring (bicyclic) bond motifs is 1. The van der Waals surface area contributed by atoms with Gasteiger partial charge in [-0.25, -0.2) is 4.98 Å². The lowest BCUT2D eigenvalue weighted by molar-refractivity contribution is -0.137. The maximum atomic E-state index is 13.2. The summed E-state index contributed by atoms with van der Waals surface area (Å²) < 4.78 is 0. The second-order valence-corrected chi connectivity index (χ2v) is 9.47. The second kappa shape index (κ2) is 9.45. The zero-order valence-corrected chi connectivity index (χ0v) is 19.0. The van der Waals surface area contributed by atoms with Crippen LogP contribution in [0.1, 0.15) is 84.8 Å². The number of carbonyl (C=O) groups is 2. The second-order valence-electron chi connectivity index (χ2n) is 9.47. The van der Waals surface area contributed by atoms with Crippen molar-refractivity contribution < 1.29 is 9.59 Å². The largest absolute Gasteiger partial charge is 0.337 e. The lowest BCUT2D eigenvalue weighted by Gasteiger charge is -2.36. The summed E-state index contributed by atoms with van der Waals surface area (Å²) in [5.74, 6) is 0.784. The molecule has 0 spiro atoms. The number of piperidine rings is 1. The fraction of sp³-hybridized carbons (Fsp3) is 0.560. The number of hydrogen-bond acceptors (Lipinski definition) is 5. The monoisotopic (exact) mass is 449 g/mol. The predicted octanol–water partition coefficient (Wildman–Crippen LogP) is 3.00. The highest BCUT2D eigenvalue weighted by Gasteiger charge is 2.33. The molecule has 1 aliphatic carbocycles. The SMILES string of the molecule is O=C(C1CCCCC1)N1CCc2nc([C@H]3CCCCN3C(=O)c3ccncc3)[nH]c(=O)c2C1. The molecule has 5 rings (SSSR count). The fourth-order valence-electron chi connectivity index (χ4n) is 5.52. The van der Waals surface area contributed by atoms with Crippen molar-refractivity contribution in [2.45, 2.75) is 70.4 Å². The number of aromatic nitrogens is 3. The van der Waals surface area contributed by atoms with Gasteiger partial charge >= 0.3 is 0 Å². The van der Waals surface area contributed by atoms with Crippen LogP contribution in [0.3, 0.4) is 0 Å². The van der Waals surface area contributed by atoms with Crippen LogP contribution in [0.2, 0.25) is 0 Å². The molecule has 3 aliphatic rings. The van der Waals surface area contributed by atoms with E-state index in [2.05, 4.69) is 9.97 Å². The van der Waals surface area contributed by atoms with Gasteiger partial charge in [-0.05, 0) is 44.2 Å². The van der Waals surface area contributed by atoms with Gasteiger partial charge in [-0.15, -0.1) is 0 Å². The van der Waals surface area contributed by atoms with Crippen molar-refractivity contribution in [1.29, 1.82) is 0 Å². The van der Waals surface area contributed by atoms with E-state index in [1.807, 2.05) is 9.80 Å². The molecule has 1 N–H and O–H groups in total. The van der Waals surface area contributed by atoms with Crippen molar-refractivity contribution >= 4 is 11.8 Å². The number of nitrogens with zero attached hydrogens (tertiary/aromatic N) is 4. The minimum Gasteiger partial charge on any atom is -0.337 e. The van der Waals surface area contributed by atoms with Gasteiger partial charge in [0.15, 0.2) is 0 Å². The summed E-state index contributed by atoms with van der Waals surface area (Å²) in [5, 5.41) is 0. The van der Waals surface area contributed by atoms with Gasteiger partial charge < -0.3 is 14.8 Å². The molecule has 8 nitrogen and oxygen atoms in total. The topological polar surface area (TPSA) is 99.3 Å². The molecule has 174 valence electrons. The zero-order chi connectivity index (χ0) is 22.8. The van der Waals surface area contributed by atoms with E-state index in [1.165, 1.54) is 6.42 Å². The van der Waals surface area contributed by atoms with Crippen LogP contribution in [-0.4, -0.2) is 49.7 Å². The van der Waals surface area contributed by atoms with Crippen LogP contribution in [-0.2, 0) is 17.8 Å². The fourth-order valence-corrected chi connectivity index (χ4v) is 5.52. The molecule has 1 saturated carbocycles. The molecule has 0 aromatic carbocycles. The standard InChI is InChI=1S/C25H31N5O3/c31-23-19-16-29(24(32)17-6-2-1-3-7-17)15-11-20(19)27-22(28-23)21-8-4-5-14-30(21)25(33)18-9-12-26-13-10-18/h9-10,12-13,17,21H,1-8,11,14-16H2,(H,27,28,31)/t21-/m1/s1. The smallest absolute Gasteiger partial charge is 0.256 e. The van der Waals surface area contributed by atoms with Gasteiger partial charge in [-0.3, -0.25) is 19.4 Å². The van der Waals surface area contributed by atoms with E-state index in [4.69, 9.17) is 4.98 Å². The average Bonchev–Trinajstić information content (AvgIpc) is 2.88. The maximum Gasteiger partial charge on any atom is 0.256 e. The van der Waals surface area contributed by atoms with Crippen LogP contribution in [0.5, 0.6) is 0 Å². The molecule has 0 bridgehead atoms. The summed E-state index contributed by atoms with van der Waals surface area (Å²) in [5.41, 5.74) is 1.77. The molecule has 0 unspecified atom stereocenters. The van der Waals surface area contributed by atoms with Crippen LogP contribution < -0.4 is 5.56 Å². The van der Waals surface area contributed by atoms with Crippen molar-refractivity contribution in [3.05, 3.63) is 57.5 Å². The molecule has 2 amide bonds. The van der Waals surface area contributed by atoms with E-state index < -0.39 is 0 Å².